The first kappa shape index (κ1) is 16.5. The molecule has 0 amide bonds. The number of aryl methyl sites for hydroxylation is 1. The molecule has 0 spiro atoms. The minimum absolute atomic E-state index is 0.257. The minimum atomic E-state index is -0.415. The highest BCUT2D eigenvalue weighted by Gasteiger charge is 2.13. The molecule has 7 heteroatoms. The number of hydrogen-bond acceptors (Lipinski definition) is 3. The lowest BCUT2D eigenvalue weighted by molar-refractivity contribution is 0.627. The molecule has 3 nitrogen and oxygen atoms in total. The summed E-state index contributed by atoms with van der Waals surface area (Å²) in [5.41, 5.74) is 1.25. The number of nitrogens with one attached hydrogen (secondary N) is 1. The number of aromatic nitrogens is 2. The Morgan fingerprint density at radius 3 is 2.62 bits per heavy atom. The van der Waals surface area contributed by atoms with Crippen molar-refractivity contribution in [1.82, 2.24) is 9.97 Å². The molecule has 2 aromatic rings. The molecule has 0 saturated carbocycles. The van der Waals surface area contributed by atoms with E-state index >= 15 is 0 Å². The maximum Gasteiger partial charge on any atom is 0.138 e. The fourth-order valence-electron chi connectivity index (χ4n) is 1.77. The van der Waals surface area contributed by atoms with Crippen LogP contribution in [0.5, 0.6) is 0 Å². The molecule has 112 valence electrons. The Balaban J connectivity index is 2.44. The Bertz CT molecular complexity index is 657. The van der Waals surface area contributed by atoms with Crippen molar-refractivity contribution in [3.05, 3.63) is 44.0 Å². The van der Waals surface area contributed by atoms with Gasteiger partial charge >= 0.3 is 0 Å². The molecule has 0 radical (unpaired) electrons. The predicted octanol–water partition coefficient (Wildman–Crippen LogP) is 5.69. The lowest BCUT2D eigenvalue weighted by Crippen LogP contribution is -2.04. The summed E-state index contributed by atoms with van der Waals surface area (Å²) in [5, 5.41) is 3.75. The van der Waals surface area contributed by atoms with Crippen molar-refractivity contribution < 1.29 is 4.39 Å². The van der Waals surface area contributed by atoms with Crippen LogP contribution < -0.4 is 5.32 Å². The number of benzene rings is 1. The minimum Gasteiger partial charge on any atom is -0.338 e. The zero-order valence-corrected chi connectivity index (χ0v) is 14.6. The lowest BCUT2D eigenvalue weighted by Gasteiger charge is -2.14. The monoisotopic (exact) mass is 391 g/mol. The van der Waals surface area contributed by atoms with E-state index in [9.17, 15) is 4.39 Å². The number of anilines is 2. The quantitative estimate of drug-likeness (QED) is 0.679. The summed E-state index contributed by atoms with van der Waals surface area (Å²) in [7, 11) is 0. The summed E-state index contributed by atoms with van der Waals surface area (Å²) in [4.78, 5) is 8.68. The number of halogens is 4. The maximum atomic E-state index is 13.3. The van der Waals surface area contributed by atoms with Crippen LogP contribution in [0.1, 0.15) is 24.7 Å². The van der Waals surface area contributed by atoms with E-state index in [1.165, 1.54) is 12.1 Å². The molecular formula is C14H13BrCl2FN3. The van der Waals surface area contributed by atoms with Gasteiger partial charge in [-0.1, -0.05) is 30.1 Å². The molecule has 0 saturated heterocycles. The van der Waals surface area contributed by atoms with Crippen molar-refractivity contribution in [1.29, 1.82) is 0 Å². The lowest BCUT2D eigenvalue weighted by atomic mass is 10.2. The van der Waals surface area contributed by atoms with Gasteiger partial charge in [-0.15, -0.1) is 0 Å². The van der Waals surface area contributed by atoms with Crippen LogP contribution in [0.3, 0.4) is 0 Å². The summed E-state index contributed by atoms with van der Waals surface area (Å²) in [5.74, 6) is 0.805. The van der Waals surface area contributed by atoms with Crippen molar-refractivity contribution >= 4 is 50.6 Å². The fourth-order valence-corrected chi connectivity index (χ4v) is 2.86. The van der Waals surface area contributed by atoms with Crippen LogP contribution in [0.4, 0.5) is 15.9 Å². The van der Waals surface area contributed by atoms with Gasteiger partial charge in [-0.2, -0.15) is 0 Å². The van der Waals surface area contributed by atoms with E-state index in [2.05, 4.69) is 31.2 Å². The van der Waals surface area contributed by atoms with Crippen LogP contribution in [0, 0.1) is 12.7 Å². The first-order chi connectivity index (χ1) is 9.92. The Hall–Kier alpha value is -0.910. The number of rotatable bonds is 4. The Morgan fingerprint density at radius 2 is 2.00 bits per heavy atom. The van der Waals surface area contributed by atoms with Crippen molar-refractivity contribution in [2.75, 3.05) is 5.32 Å². The normalized spacial score (nSPS) is 10.8. The smallest absolute Gasteiger partial charge is 0.138 e. The molecule has 1 N–H and O–H groups in total. The molecule has 0 aliphatic carbocycles. The second-order valence-electron chi connectivity index (χ2n) is 4.52. The van der Waals surface area contributed by atoms with E-state index in [1.54, 1.807) is 0 Å². The molecule has 0 atom stereocenters. The topological polar surface area (TPSA) is 37.8 Å². The van der Waals surface area contributed by atoms with Gasteiger partial charge in [-0.3, -0.25) is 0 Å². The van der Waals surface area contributed by atoms with Crippen molar-refractivity contribution in [3.8, 4) is 0 Å². The molecule has 0 bridgehead atoms. The van der Waals surface area contributed by atoms with E-state index < -0.39 is 5.82 Å². The molecule has 0 aliphatic heterocycles. The van der Waals surface area contributed by atoms with Gasteiger partial charge in [0.2, 0.25) is 0 Å². The van der Waals surface area contributed by atoms with Crippen LogP contribution >= 0.6 is 39.1 Å². The van der Waals surface area contributed by atoms with E-state index in [0.717, 1.165) is 12.8 Å². The van der Waals surface area contributed by atoms with Crippen molar-refractivity contribution in [3.63, 3.8) is 0 Å². The Morgan fingerprint density at radius 1 is 1.29 bits per heavy atom. The van der Waals surface area contributed by atoms with E-state index in [0.29, 0.717) is 32.5 Å². The first-order valence-corrected chi connectivity index (χ1v) is 7.91. The summed E-state index contributed by atoms with van der Waals surface area (Å²) in [6.45, 7) is 3.85. The van der Waals surface area contributed by atoms with E-state index in [4.69, 9.17) is 23.2 Å². The van der Waals surface area contributed by atoms with Gasteiger partial charge < -0.3 is 5.32 Å². The van der Waals surface area contributed by atoms with Crippen molar-refractivity contribution in [2.45, 2.75) is 26.7 Å². The van der Waals surface area contributed by atoms with E-state index in [-0.39, 0.29) is 5.02 Å². The standard InChI is InChI=1S/C14H13BrCl2FN3/c1-3-4-11-19-13(17)7(2)14(20-11)21-12-9(15)5-8(18)6-10(12)16/h5-6H,3-4H2,1-2H3,(H,19,20,21). The average Bonchev–Trinajstić information content (AvgIpc) is 2.39. The molecule has 1 aromatic carbocycles. The highest BCUT2D eigenvalue weighted by atomic mass is 79.9. The fraction of sp³-hybridized carbons (Fsp3) is 0.286. The maximum absolute atomic E-state index is 13.3. The summed E-state index contributed by atoms with van der Waals surface area (Å²) < 4.78 is 13.8. The van der Waals surface area contributed by atoms with Gasteiger partial charge in [0.05, 0.1) is 10.7 Å². The second kappa shape index (κ2) is 6.90. The molecule has 1 heterocycles. The van der Waals surface area contributed by atoms with Gasteiger partial charge in [0, 0.05) is 16.5 Å². The zero-order chi connectivity index (χ0) is 15.6. The highest BCUT2D eigenvalue weighted by Crippen LogP contribution is 2.35. The second-order valence-corrected chi connectivity index (χ2v) is 6.14. The third kappa shape index (κ3) is 3.84. The van der Waals surface area contributed by atoms with Crippen LogP contribution in [0.2, 0.25) is 10.2 Å². The summed E-state index contributed by atoms with van der Waals surface area (Å²) >= 11 is 15.5. The molecule has 0 aliphatic rings. The predicted molar refractivity (Wildman–Crippen MR) is 88.2 cm³/mol. The van der Waals surface area contributed by atoms with Gasteiger partial charge in [0.25, 0.3) is 0 Å². The molecule has 0 fully saturated rings. The van der Waals surface area contributed by atoms with Crippen LogP contribution in [0.15, 0.2) is 16.6 Å². The molecule has 2 rings (SSSR count). The van der Waals surface area contributed by atoms with Gasteiger partial charge in [-0.25, -0.2) is 14.4 Å². The summed E-state index contributed by atoms with van der Waals surface area (Å²) in [6, 6.07) is 2.57. The number of hydrogen-bond donors (Lipinski definition) is 1. The van der Waals surface area contributed by atoms with Crippen molar-refractivity contribution in [2.24, 2.45) is 0 Å². The molecule has 1 aromatic heterocycles. The van der Waals surface area contributed by atoms with Gasteiger partial charge in [-0.05, 0) is 41.4 Å². The molecule has 21 heavy (non-hydrogen) atoms. The third-order valence-electron chi connectivity index (χ3n) is 2.86. The zero-order valence-electron chi connectivity index (χ0n) is 11.5. The van der Waals surface area contributed by atoms with Gasteiger partial charge in [0.15, 0.2) is 0 Å². The Labute approximate surface area is 141 Å². The first-order valence-electron chi connectivity index (χ1n) is 6.37. The largest absolute Gasteiger partial charge is 0.338 e. The van der Waals surface area contributed by atoms with Gasteiger partial charge in [0.1, 0.15) is 22.6 Å². The number of nitrogens with zero attached hydrogens (tertiary/aromatic N) is 2. The van der Waals surface area contributed by atoms with Crippen LogP contribution in [0.25, 0.3) is 0 Å². The SMILES string of the molecule is CCCc1nc(Cl)c(C)c(Nc2c(Cl)cc(F)cc2Br)n1. The van der Waals surface area contributed by atoms with E-state index in [1.807, 2.05) is 13.8 Å². The highest BCUT2D eigenvalue weighted by molar-refractivity contribution is 9.10. The average molecular weight is 393 g/mol. The Kier molecular flexibility index (Phi) is 5.41. The molecular weight excluding hydrogens is 380 g/mol. The van der Waals surface area contributed by atoms with Crippen LogP contribution in [-0.4, -0.2) is 9.97 Å². The summed E-state index contributed by atoms with van der Waals surface area (Å²) in [6.07, 6.45) is 1.65. The third-order valence-corrected chi connectivity index (χ3v) is 4.15. The molecule has 0 unspecified atom stereocenters. The van der Waals surface area contributed by atoms with Crippen LogP contribution in [-0.2, 0) is 6.42 Å².